The number of ether oxygens (including phenoxy) is 3. The van der Waals surface area contributed by atoms with Crippen molar-refractivity contribution in [3.63, 3.8) is 0 Å². The van der Waals surface area contributed by atoms with Gasteiger partial charge in [0.05, 0.1) is 27.9 Å². The maximum Gasteiger partial charge on any atom is 0.164 e. The molecule has 0 fully saturated rings. The minimum atomic E-state index is 0.0489. The van der Waals surface area contributed by atoms with Crippen LogP contribution in [0, 0.1) is 5.92 Å². The van der Waals surface area contributed by atoms with Crippen LogP contribution < -0.4 is 19.5 Å². The molecule has 0 saturated heterocycles. The summed E-state index contributed by atoms with van der Waals surface area (Å²) < 4.78 is 15.9. The Balaban J connectivity index is 2.93. The molecule has 1 unspecified atom stereocenters. The molecule has 0 amide bonds. The van der Waals surface area contributed by atoms with Crippen LogP contribution in [0.4, 0.5) is 0 Å². The molecule has 0 spiro atoms. The van der Waals surface area contributed by atoms with E-state index in [9.17, 15) is 5.11 Å². The molecule has 1 rings (SSSR count). The number of hydrogen-bond donors (Lipinski definition) is 2. The lowest BCUT2D eigenvalue weighted by Crippen LogP contribution is -2.36. The summed E-state index contributed by atoms with van der Waals surface area (Å²) in [5.74, 6) is 2.38. The van der Waals surface area contributed by atoms with Crippen LogP contribution in [0.2, 0.25) is 0 Å². The van der Waals surface area contributed by atoms with Crippen LogP contribution in [0.3, 0.4) is 0 Å². The van der Waals surface area contributed by atoms with E-state index in [-0.39, 0.29) is 12.6 Å². The lowest BCUT2D eigenvalue weighted by molar-refractivity contribution is 0.209. The Morgan fingerprint density at radius 3 is 2.00 bits per heavy atom. The summed E-state index contributed by atoms with van der Waals surface area (Å²) >= 11 is 0. The average Bonchev–Trinajstić information content (AvgIpc) is 2.46. The molecule has 5 heteroatoms. The molecule has 1 aromatic rings. The van der Waals surface area contributed by atoms with Crippen LogP contribution in [0.1, 0.15) is 19.4 Å². The second kappa shape index (κ2) is 7.97. The number of hydrogen-bond acceptors (Lipinski definition) is 5. The minimum Gasteiger partial charge on any atom is -0.496 e. The number of methoxy groups -OCH3 is 3. The van der Waals surface area contributed by atoms with E-state index < -0.39 is 0 Å². The van der Waals surface area contributed by atoms with Gasteiger partial charge in [-0.1, -0.05) is 13.8 Å². The van der Waals surface area contributed by atoms with Gasteiger partial charge in [-0.15, -0.1) is 0 Å². The maximum absolute atomic E-state index is 9.35. The Bertz CT molecular complexity index is 421. The summed E-state index contributed by atoms with van der Waals surface area (Å²) in [7, 11) is 4.82. The monoisotopic (exact) mass is 283 g/mol. The lowest BCUT2D eigenvalue weighted by Gasteiger charge is -2.21. The summed E-state index contributed by atoms with van der Waals surface area (Å²) in [6.07, 6.45) is 0. The van der Waals surface area contributed by atoms with Crippen LogP contribution in [0.15, 0.2) is 12.1 Å². The normalized spacial score (nSPS) is 12.3. The van der Waals surface area contributed by atoms with Crippen molar-refractivity contribution in [1.29, 1.82) is 0 Å². The van der Waals surface area contributed by atoms with E-state index in [1.54, 1.807) is 27.4 Å². The van der Waals surface area contributed by atoms with Crippen LogP contribution in [-0.2, 0) is 6.54 Å². The third-order valence-corrected chi connectivity index (χ3v) is 3.34. The molecule has 1 aromatic carbocycles. The highest BCUT2D eigenvalue weighted by Gasteiger charge is 2.15. The van der Waals surface area contributed by atoms with Crippen molar-refractivity contribution in [2.75, 3.05) is 27.9 Å². The van der Waals surface area contributed by atoms with Gasteiger partial charge in [-0.05, 0) is 12.0 Å². The molecule has 0 aromatic heterocycles. The third kappa shape index (κ3) is 4.02. The molecular formula is C15H25NO4. The number of aliphatic hydroxyl groups excluding tert-OH is 1. The van der Waals surface area contributed by atoms with Crippen molar-refractivity contribution in [3.8, 4) is 17.2 Å². The first kappa shape index (κ1) is 16.6. The second-order valence-electron chi connectivity index (χ2n) is 4.93. The first-order chi connectivity index (χ1) is 9.57. The molecule has 0 aliphatic heterocycles. The van der Waals surface area contributed by atoms with Crippen LogP contribution >= 0.6 is 0 Å². The number of benzene rings is 1. The highest BCUT2D eigenvalue weighted by Crippen LogP contribution is 2.34. The summed E-state index contributed by atoms with van der Waals surface area (Å²) in [5, 5.41) is 12.7. The maximum atomic E-state index is 9.35. The second-order valence-corrected chi connectivity index (χ2v) is 4.93. The fourth-order valence-corrected chi connectivity index (χ4v) is 1.98. The highest BCUT2D eigenvalue weighted by molar-refractivity contribution is 5.50. The van der Waals surface area contributed by atoms with Crippen molar-refractivity contribution in [3.05, 3.63) is 17.7 Å². The quantitative estimate of drug-likeness (QED) is 0.762. The predicted molar refractivity (Wildman–Crippen MR) is 78.6 cm³/mol. The first-order valence-corrected chi connectivity index (χ1v) is 6.70. The Labute approximate surface area is 120 Å². The summed E-state index contributed by atoms with van der Waals surface area (Å²) in [6.45, 7) is 4.83. The molecule has 20 heavy (non-hydrogen) atoms. The fourth-order valence-electron chi connectivity index (χ4n) is 1.98. The standard InChI is InChI=1S/C15H25NO4/c1-10(2)12(9-17)16-8-11-6-14(19-4)15(20-5)7-13(11)18-3/h6-7,10,12,16-17H,8-9H2,1-5H3. The molecule has 0 heterocycles. The van der Waals surface area contributed by atoms with E-state index in [0.29, 0.717) is 24.0 Å². The molecule has 2 N–H and O–H groups in total. The minimum absolute atomic E-state index is 0.0489. The Morgan fingerprint density at radius 1 is 1.00 bits per heavy atom. The van der Waals surface area contributed by atoms with Crippen LogP contribution in [0.25, 0.3) is 0 Å². The number of rotatable bonds is 8. The van der Waals surface area contributed by atoms with E-state index in [0.717, 1.165) is 11.3 Å². The zero-order valence-corrected chi connectivity index (χ0v) is 12.9. The Morgan fingerprint density at radius 2 is 1.55 bits per heavy atom. The summed E-state index contributed by atoms with van der Waals surface area (Å²) in [4.78, 5) is 0. The Kier molecular flexibility index (Phi) is 6.61. The largest absolute Gasteiger partial charge is 0.496 e. The zero-order valence-electron chi connectivity index (χ0n) is 12.9. The van der Waals surface area contributed by atoms with Gasteiger partial charge in [-0.3, -0.25) is 0 Å². The lowest BCUT2D eigenvalue weighted by atomic mass is 10.0. The fraction of sp³-hybridized carbons (Fsp3) is 0.600. The topological polar surface area (TPSA) is 60.0 Å². The highest BCUT2D eigenvalue weighted by atomic mass is 16.5. The molecule has 1 atom stereocenters. The van der Waals surface area contributed by atoms with E-state index in [2.05, 4.69) is 19.2 Å². The van der Waals surface area contributed by atoms with Gasteiger partial charge in [-0.2, -0.15) is 0 Å². The first-order valence-electron chi connectivity index (χ1n) is 6.70. The SMILES string of the molecule is COc1cc(OC)c(OC)cc1CNC(CO)C(C)C. The molecule has 5 nitrogen and oxygen atoms in total. The van der Waals surface area contributed by atoms with Gasteiger partial charge in [0.1, 0.15) is 5.75 Å². The van der Waals surface area contributed by atoms with Crippen molar-refractivity contribution in [2.45, 2.75) is 26.4 Å². The van der Waals surface area contributed by atoms with Gasteiger partial charge in [0.15, 0.2) is 11.5 Å². The van der Waals surface area contributed by atoms with Crippen LogP contribution in [-0.4, -0.2) is 39.1 Å². The molecule has 0 aliphatic carbocycles. The van der Waals surface area contributed by atoms with Gasteiger partial charge in [-0.25, -0.2) is 0 Å². The van der Waals surface area contributed by atoms with Gasteiger partial charge in [0.25, 0.3) is 0 Å². The van der Waals surface area contributed by atoms with E-state index in [4.69, 9.17) is 14.2 Å². The zero-order chi connectivity index (χ0) is 15.1. The summed E-state index contributed by atoms with van der Waals surface area (Å²) in [6, 6.07) is 3.74. The van der Waals surface area contributed by atoms with Crippen LogP contribution in [0.5, 0.6) is 17.2 Å². The van der Waals surface area contributed by atoms with Gasteiger partial charge in [0.2, 0.25) is 0 Å². The Hall–Kier alpha value is -1.46. The predicted octanol–water partition coefficient (Wildman–Crippen LogP) is 1.82. The molecule has 114 valence electrons. The van der Waals surface area contributed by atoms with Crippen molar-refractivity contribution >= 4 is 0 Å². The molecule has 0 saturated carbocycles. The van der Waals surface area contributed by atoms with Crippen molar-refractivity contribution in [2.24, 2.45) is 5.92 Å². The van der Waals surface area contributed by atoms with E-state index in [1.165, 1.54) is 0 Å². The van der Waals surface area contributed by atoms with Crippen molar-refractivity contribution in [1.82, 2.24) is 5.32 Å². The van der Waals surface area contributed by atoms with Crippen molar-refractivity contribution < 1.29 is 19.3 Å². The van der Waals surface area contributed by atoms with Gasteiger partial charge >= 0.3 is 0 Å². The molecular weight excluding hydrogens is 258 g/mol. The summed E-state index contributed by atoms with van der Waals surface area (Å²) in [5.41, 5.74) is 0.962. The molecule has 0 bridgehead atoms. The van der Waals surface area contributed by atoms with Gasteiger partial charge in [0, 0.05) is 24.2 Å². The van der Waals surface area contributed by atoms with E-state index >= 15 is 0 Å². The van der Waals surface area contributed by atoms with E-state index in [1.807, 2.05) is 6.07 Å². The van der Waals surface area contributed by atoms with Gasteiger partial charge < -0.3 is 24.6 Å². The average molecular weight is 283 g/mol. The molecule has 0 radical (unpaired) electrons. The number of aliphatic hydroxyl groups is 1. The molecule has 0 aliphatic rings. The smallest absolute Gasteiger partial charge is 0.164 e. The number of nitrogens with one attached hydrogen (secondary N) is 1. The third-order valence-electron chi connectivity index (χ3n) is 3.34.